The van der Waals surface area contributed by atoms with Crippen LogP contribution < -0.4 is 14.9 Å². The second-order valence-corrected chi connectivity index (χ2v) is 11.1. The average Bonchev–Trinajstić information content (AvgIpc) is 3.36. The van der Waals surface area contributed by atoms with Gasteiger partial charge >= 0.3 is 0 Å². The Labute approximate surface area is 238 Å². The highest BCUT2D eigenvalue weighted by atomic mass is 32.2. The van der Waals surface area contributed by atoms with Gasteiger partial charge in [0.05, 0.1) is 26.2 Å². The number of nitrogens with zero attached hydrogens (tertiary/aromatic N) is 4. The number of phenolic OH excluding ortho intramolecular Hbond substituents is 1. The molecule has 1 heterocycles. The lowest BCUT2D eigenvalue weighted by atomic mass is 9.87. The molecular weight excluding hydrogens is 526 g/mol. The van der Waals surface area contributed by atoms with E-state index in [1.54, 1.807) is 12.1 Å². The predicted molar refractivity (Wildman–Crippen MR) is 158 cm³/mol. The topological polar surface area (TPSA) is 111 Å². The standard InChI is InChI=1S/C30H33N5O4S/c1-19-7-13-23(14-8-19)35-28(21-9-11-22(12-10-21)30(2,3)4)33-34-29(35)40-18-26(36)32-31-17-20-15-24(38-5)27(37)25(16-20)39-6/h7-17,37H,18H2,1-6H3,(H,32,36). The smallest absolute Gasteiger partial charge is 0.250 e. The summed E-state index contributed by atoms with van der Waals surface area (Å²) in [5, 5.41) is 23.6. The quantitative estimate of drug-likeness (QED) is 0.158. The number of carbonyl (C=O) groups excluding carboxylic acids is 1. The van der Waals surface area contributed by atoms with Gasteiger partial charge in [-0.05, 0) is 42.2 Å². The van der Waals surface area contributed by atoms with Gasteiger partial charge < -0.3 is 14.6 Å². The molecule has 9 nitrogen and oxygen atoms in total. The molecule has 0 fully saturated rings. The van der Waals surface area contributed by atoms with E-state index in [-0.39, 0.29) is 34.3 Å². The second kappa shape index (κ2) is 12.3. The number of hydrogen-bond acceptors (Lipinski definition) is 8. The van der Waals surface area contributed by atoms with Crippen LogP contribution in [-0.4, -0.2) is 52.0 Å². The lowest BCUT2D eigenvalue weighted by Gasteiger charge is -2.19. The van der Waals surface area contributed by atoms with Gasteiger partial charge in [-0.25, -0.2) is 5.43 Å². The number of nitrogens with one attached hydrogen (secondary N) is 1. The van der Waals surface area contributed by atoms with E-state index in [1.807, 2.05) is 35.8 Å². The molecule has 0 unspecified atom stereocenters. The summed E-state index contributed by atoms with van der Waals surface area (Å²) < 4.78 is 12.3. The lowest BCUT2D eigenvalue weighted by Crippen LogP contribution is -2.20. The maximum atomic E-state index is 12.6. The third-order valence-electron chi connectivity index (χ3n) is 6.17. The lowest BCUT2D eigenvalue weighted by molar-refractivity contribution is -0.118. The van der Waals surface area contributed by atoms with Crippen molar-refractivity contribution < 1.29 is 19.4 Å². The number of thioether (sulfide) groups is 1. The fraction of sp³-hybridized carbons (Fsp3) is 0.267. The van der Waals surface area contributed by atoms with Crippen molar-refractivity contribution in [2.75, 3.05) is 20.0 Å². The minimum absolute atomic E-state index is 0.0421. The van der Waals surface area contributed by atoms with Crippen molar-refractivity contribution in [3.05, 3.63) is 77.4 Å². The van der Waals surface area contributed by atoms with E-state index in [4.69, 9.17) is 9.47 Å². The first-order chi connectivity index (χ1) is 19.1. The van der Waals surface area contributed by atoms with E-state index < -0.39 is 0 Å². The number of ether oxygens (including phenoxy) is 2. The van der Waals surface area contributed by atoms with Crippen LogP contribution in [-0.2, 0) is 10.2 Å². The number of benzene rings is 3. The van der Waals surface area contributed by atoms with Crippen LogP contribution in [0.2, 0.25) is 0 Å². The summed E-state index contributed by atoms with van der Waals surface area (Å²) in [6, 6.07) is 19.6. The Balaban J connectivity index is 1.52. The molecule has 0 saturated heterocycles. The molecular formula is C30H33N5O4S. The highest BCUT2D eigenvalue weighted by Crippen LogP contribution is 2.36. The largest absolute Gasteiger partial charge is 0.502 e. The summed E-state index contributed by atoms with van der Waals surface area (Å²) in [4.78, 5) is 12.6. The number of hydrazone groups is 1. The minimum Gasteiger partial charge on any atom is -0.502 e. The maximum absolute atomic E-state index is 12.6. The average molecular weight is 560 g/mol. The van der Waals surface area contributed by atoms with Gasteiger partial charge in [0, 0.05) is 16.8 Å². The molecule has 2 N–H and O–H groups in total. The summed E-state index contributed by atoms with van der Waals surface area (Å²) in [6.45, 7) is 8.57. The normalized spacial score (nSPS) is 11.6. The number of aromatic nitrogens is 3. The molecule has 0 aliphatic heterocycles. The van der Waals surface area contributed by atoms with Gasteiger partial charge in [-0.3, -0.25) is 9.36 Å². The number of amides is 1. The SMILES string of the molecule is COc1cc(C=NNC(=O)CSc2nnc(-c3ccc(C(C)(C)C)cc3)n2-c2ccc(C)cc2)cc(OC)c1O. The number of phenols is 1. The first-order valence-electron chi connectivity index (χ1n) is 12.6. The summed E-state index contributed by atoms with van der Waals surface area (Å²) in [5.74, 6) is 0.828. The molecule has 3 aromatic carbocycles. The van der Waals surface area contributed by atoms with Crippen LogP contribution in [0.1, 0.15) is 37.5 Å². The molecule has 0 aliphatic carbocycles. The van der Waals surface area contributed by atoms with Crippen molar-refractivity contribution in [1.29, 1.82) is 0 Å². The Kier molecular flexibility index (Phi) is 8.79. The Morgan fingerprint density at radius 1 is 1.02 bits per heavy atom. The molecule has 40 heavy (non-hydrogen) atoms. The van der Waals surface area contributed by atoms with E-state index in [2.05, 4.69) is 65.8 Å². The van der Waals surface area contributed by atoms with Gasteiger partial charge in [0.25, 0.3) is 5.91 Å². The van der Waals surface area contributed by atoms with Crippen LogP contribution in [0.15, 0.2) is 70.9 Å². The zero-order valence-corrected chi connectivity index (χ0v) is 24.2. The molecule has 0 saturated carbocycles. The van der Waals surface area contributed by atoms with Crippen molar-refractivity contribution in [2.45, 2.75) is 38.3 Å². The van der Waals surface area contributed by atoms with Crippen LogP contribution in [0.25, 0.3) is 17.1 Å². The summed E-state index contributed by atoms with van der Waals surface area (Å²) in [5.41, 5.74) is 7.36. The summed E-state index contributed by atoms with van der Waals surface area (Å²) >= 11 is 1.27. The highest BCUT2D eigenvalue weighted by Gasteiger charge is 2.19. The molecule has 4 rings (SSSR count). The number of methoxy groups -OCH3 is 2. The zero-order valence-electron chi connectivity index (χ0n) is 23.4. The first-order valence-corrected chi connectivity index (χ1v) is 13.6. The van der Waals surface area contributed by atoms with Crippen molar-refractivity contribution >= 4 is 23.9 Å². The number of aromatic hydroxyl groups is 1. The van der Waals surface area contributed by atoms with Crippen molar-refractivity contribution in [3.63, 3.8) is 0 Å². The van der Waals surface area contributed by atoms with Gasteiger partial charge in [0.2, 0.25) is 5.75 Å². The fourth-order valence-corrected chi connectivity index (χ4v) is 4.67. The Morgan fingerprint density at radius 2 is 1.65 bits per heavy atom. The van der Waals surface area contributed by atoms with E-state index in [0.29, 0.717) is 16.5 Å². The van der Waals surface area contributed by atoms with Crippen LogP contribution in [0.3, 0.4) is 0 Å². The molecule has 1 aromatic heterocycles. The van der Waals surface area contributed by atoms with Crippen LogP contribution in [0, 0.1) is 6.92 Å². The molecule has 208 valence electrons. The number of carbonyl (C=O) groups is 1. The van der Waals surface area contributed by atoms with Gasteiger partial charge in [-0.15, -0.1) is 10.2 Å². The molecule has 10 heteroatoms. The third-order valence-corrected chi connectivity index (χ3v) is 7.10. The Bertz CT molecular complexity index is 1480. The summed E-state index contributed by atoms with van der Waals surface area (Å²) in [6.07, 6.45) is 1.45. The van der Waals surface area contributed by atoms with Crippen LogP contribution in [0.5, 0.6) is 17.2 Å². The van der Waals surface area contributed by atoms with E-state index >= 15 is 0 Å². The molecule has 0 aliphatic rings. The Hall–Kier alpha value is -4.31. The monoisotopic (exact) mass is 559 g/mol. The molecule has 0 bridgehead atoms. The summed E-state index contributed by atoms with van der Waals surface area (Å²) in [7, 11) is 2.88. The number of aryl methyl sites for hydroxylation is 1. The van der Waals surface area contributed by atoms with E-state index in [9.17, 15) is 9.90 Å². The van der Waals surface area contributed by atoms with Gasteiger partial charge in [0.15, 0.2) is 22.5 Å². The molecule has 0 radical (unpaired) electrons. The maximum Gasteiger partial charge on any atom is 0.250 e. The van der Waals surface area contributed by atoms with Gasteiger partial charge in [-0.2, -0.15) is 5.10 Å². The predicted octanol–water partition coefficient (Wildman–Crippen LogP) is 5.51. The number of hydrogen-bond donors (Lipinski definition) is 2. The van der Waals surface area contributed by atoms with E-state index in [0.717, 1.165) is 16.8 Å². The van der Waals surface area contributed by atoms with E-state index in [1.165, 1.54) is 37.8 Å². The second-order valence-electron chi connectivity index (χ2n) is 10.2. The molecule has 4 aromatic rings. The first kappa shape index (κ1) is 28.7. The van der Waals surface area contributed by atoms with Crippen molar-refractivity contribution in [1.82, 2.24) is 20.2 Å². The molecule has 0 atom stereocenters. The third kappa shape index (κ3) is 6.63. The molecule has 0 spiro atoms. The molecule has 1 amide bonds. The van der Waals surface area contributed by atoms with Crippen LogP contribution in [0.4, 0.5) is 0 Å². The minimum atomic E-state index is -0.312. The van der Waals surface area contributed by atoms with Crippen molar-refractivity contribution in [2.24, 2.45) is 5.10 Å². The fourth-order valence-electron chi connectivity index (χ4n) is 3.93. The van der Waals surface area contributed by atoms with Gasteiger partial charge in [0.1, 0.15) is 0 Å². The Morgan fingerprint density at radius 3 is 2.23 bits per heavy atom. The van der Waals surface area contributed by atoms with Crippen molar-refractivity contribution in [3.8, 4) is 34.3 Å². The van der Waals surface area contributed by atoms with Crippen LogP contribution >= 0.6 is 11.8 Å². The zero-order chi connectivity index (χ0) is 28.9. The van der Waals surface area contributed by atoms with Gasteiger partial charge in [-0.1, -0.05) is 74.5 Å². The number of rotatable bonds is 9. The highest BCUT2D eigenvalue weighted by molar-refractivity contribution is 7.99.